The van der Waals surface area contributed by atoms with Crippen LogP contribution in [0.1, 0.15) is 48.6 Å². The molecule has 180 valence electrons. The Kier molecular flexibility index (Phi) is 8.99. The summed E-state index contributed by atoms with van der Waals surface area (Å²) in [5.74, 6) is 0.437. The molecule has 0 aliphatic rings. The molecule has 2 aromatic carbocycles. The number of thioether (sulfide) groups is 1. The summed E-state index contributed by atoms with van der Waals surface area (Å²) in [7, 11) is 0. The van der Waals surface area contributed by atoms with Gasteiger partial charge in [-0.1, -0.05) is 66.5 Å². The molecule has 0 saturated carbocycles. The lowest BCUT2D eigenvalue weighted by Crippen LogP contribution is -2.33. The quantitative estimate of drug-likeness (QED) is 0.350. The van der Waals surface area contributed by atoms with Crippen molar-refractivity contribution in [3.05, 3.63) is 69.5 Å². The number of aromatic nitrogens is 3. The maximum absolute atomic E-state index is 12.9. The van der Waals surface area contributed by atoms with Gasteiger partial charge in [0.05, 0.1) is 22.5 Å². The Morgan fingerprint density at radius 2 is 1.88 bits per heavy atom. The number of halogens is 2. The number of carbonyl (C=O) groups is 2. The molecule has 0 unspecified atom stereocenters. The van der Waals surface area contributed by atoms with Crippen LogP contribution in [0.3, 0.4) is 0 Å². The largest absolute Gasteiger partial charge is 0.342 e. The smallest absolute Gasteiger partial charge is 0.251 e. The number of hydrogen-bond acceptors (Lipinski definition) is 5. The molecule has 2 amide bonds. The summed E-state index contributed by atoms with van der Waals surface area (Å²) in [5.41, 5.74) is 2.07. The lowest BCUT2D eigenvalue weighted by molar-refractivity contribution is -0.113. The molecule has 0 radical (unpaired) electrons. The van der Waals surface area contributed by atoms with Gasteiger partial charge in [0.25, 0.3) is 5.91 Å². The zero-order valence-corrected chi connectivity index (χ0v) is 21.8. The highest BCUT2D eigenvalue weighted by atomic mass is 35.5. The van der Waals surface area contributed by atoms with E-state index in [1.807, 2.05) is 50.5 Å². The van der Waals surface area contributed by atoms with E-state index in [0.717, 1.165) is 5.56 Å². The summed E-state index contributed by atoms with van der Waals surface area (Å²) in [4.78, 5) is 25.4. The second-order valence-corrected chi connectivity index (χ2v) is 9.90. The molecule has 0 saturated heterocycles. The van der Waals surface area contributed by atoms with Crippen LogP contribution in [0, 0.1) is 12.8 Å². The summed E-state index contributed by atoms with van der Waals surface area (Å²) in [6.07, 6.45) is 0. The average molecular weight is 520 g/mol. The minimum absolute atomic E-state index is 0.0781. The van der Waals surface area contributed by atoms with E-state index < -0.39 is 0 Å². The zero-order valence-electron chi connectivity index (χ0n) is 19.4. The molecule has 0 aliphatic heterocycles. The lowest BCUT2D eigenvalue weighted by atomic mass is 10.0. The Morgan fingerprint density at radius 1 is 1.12 bits per heavy atom. The first-order valence-electron chi connectivity index (χ1n) is 10.9. The van der Waals surface area contributed by atoms with E-state index in [1.165, 1.54) is 11.8 Å². The number of anilines is 1. The van der Waals surface area contributed by atoms with Crippen LogP contribution in [-0.2, 0) is 11.3 Å². The minimum Gasteiger partial charge on any atom is -0.342 e. The molecule has 0 fully saturated rings. The van der Waals surface area contributed by atoms with Gasteiger partial charge >= 0.3 is 0 Å². The van der Waals surface area contributed by atoms with E-state index >= 15 is 0 Å². The Morgan fingerprint density at radius 3 is 2.56 bits per heavy atom. The number of aryl methyl sites for hydroxylation is 1. The van der Waals surface area contributed by atoms with Gasteiger partial charge in [0.1, 0.15) is 0 Å². The molecule has 0 aliphatic carbocycles. The predicted octanol–water partition coefficient (Wildman–Crippen LogP) is 5.77. The van der Waals surface area contributed by atoms with E-state index in [1.54, 1.807) is 24.3 Å². The van der Waals surface area contributed by atoms with Gasteiger partial charge in [0.15, 0.2) is 11.0 Å². The van der Waals surface area contributed by atoms with Crippen molar-refractivity contribution >= 4 is 52.5 Å². The molecular weight excluding hydrogens is 493 g/mol. The fourth-order valence-electron chi connectivity index (χ4n) is 3.38. The van der Waals surface area contributed by atoms with Crippen molar-refractivity contribution in [3.63, 3.8) is 0 Å². The third kappa shape index (κ3) is 6.52. The third-order valence-corrected chi connectivity index (χ3v) is 6.64. The summed E-state index contributed by atoms with van der Waals surface area (Å²) in [5, 5.41) is 16.0. The number of amides is 2. The average Bonchev–Trinajstić information content (AvgIpc) is 3.20. The van der Waals surface area contributed by atoms with Crippen molar-refractivity contribution in [2.24, 2.45) is 5.92 Å². The van der Waals surface area contributed by atoms with Crippen molar-refractivity contribution in [3.8, 4) is 0 Å². The summed E-state index contributed by atoms with van der Waals surface area (Å²) in [6.45, 7) is 8.55. The predicted molar refractivity (Wildman–Crippen MR) is 138 cm³/mol. The molecule has 7 nitrogen and oxygen atoms in total. The van der Waals surface area contributed by atoms with Gasteiger partial charge in [-0.3, -0.25) is 9.59 Å². The van der Waals surface area contributed by atoms with Crippen LogP contribution in [0.2, 0.25) is 10.0 Å². The van der Waals surface area contributed by atoms with E-state index in [0.29, 0.717) is 38.8 Å². The standard InChI is InChI=1S/C24H27Cl2N5O2S/c1-5-31-22(21(14(2)3)28-23(33)16-8-6-7-15(4)11-16)29-30-24(31)34-13-20(32)27-19-12-17(25)9-10-18(19)26/h6-12,14,21H,5,13H2,1-4H3,(H,27,32)(H,28,33)/t21-/m1/s1. The second-order valence-electron chi connectivity index (χ2n) is 8.11. The van der Waals surface area contributed by atoms with E-state index in [9.17, 15) is 9.59 Å². The van der Waals surface area contributed by atoms with Gasteiger partial charge in [0.2, 0.25) is 5.91 Å². The molecule has 3 aromatic rings. The van der Waals surface area contributed by atoms with Gasteiger partial charge in [-0.15, -0.1) is 10.2 Å². The zero-order chi connectivity index (χ0) is 24.8. The normalized spacial score (nSPS) is 12.0. The highest BCUT2D eigenvalue weighted by Gasteiger charge is 2.26. The molecule has 34 heavy (non-hydrogen) atoms. The molecule has 2 N–H and O–H groups in total. The van der Waals surface area contributed by atoms with Crippen LogP contribution in [0.5, 0.6) is 0 Å². The molecule has 1 atom stereocenters. The third-order valence-electron chi connectivity index (χ3n) is 5.11. The first-order chi connectivity index (χ1) is 16.2. The fraction of sp³-hybridized carbons (Fsp3) is 0.333. The van der Waals surface area contributed by atoms with Crippen LogP contribution in [0.25, 0.3) is 0 Å². The van der Waals surface area contributed by atoms with Crippen molar-refractivity contribution in [2.45, 2.75) is 45.4 Å². The summed E-state index contributed by atoms with van der Waals surface area (Å²) >= 11 is 13.4. The number of rotatable bonds is 9. The highest BCUT2D eigenvalue weighted by molar-refractivity contribution is 7.99. The van der Waals surface area contributed by atoms with Gasteiger partial charge < -0.3 is 15.2 Å². The molecule has 0 spiro atoms. The SMILES string of the molecule is CCn1c(SCC(=O)Nc2cc(Cl)ccc2Cl)nnc1[C@H](NC(=O)c1cccc(C)c1)C(C)C. The second kappa shape index (κ2) is 11.7. The van der Waals surface area contributed by atoms with Crippen LogP contribution >= 0.6 is 35.0 Å². The van der Waals surface area contributed by atoms with E-state index in [2.05, 4.69) is 20.8 Å². The molecular formula is C24H27Cl2N5O2S. The first kappa shape index (κ1) is 26.1. The number of carbonyl (C=O) groups excluding carboxylic acids is 2. The molecule has 10 heteroatoms. The fourth-order valence-corrected chi connectivity index (χ4v) is 4.53. The Bertz CT molecular complexity index is 1180. The van der Waals surface area contributed by atoms with Gasteiger partial charge in [-0.2, -0.15) is 0 Å². The van der Waals surface area contributed by atoms with Crippen LogP contribution in [0.4, 0.5) is 5.69 Å². The molecule has 0 bridgehead atoms. The molecule has 1 heterocycles. The van der Waals surface area contributed by atoms with Gasteiger partial charge in [0, 0.05) is 17.1 Å². The minimum atomic E-state index is -0.339. The Balaban J connectivity index is 1.72. The van der Waals surface area contributed by atoms with Crippen molar-refractivity contribution < 1.29 is 9.59 Å². The maximum atomic E-state index is 12.9. The van der Waals surface area contributed by atoms with Crippen LogP contribution in [0.15, 0.2) is 47.6 Å². The van der Waals surface area contributed by atoms with Gasteiger partial charge in [-0.25, -0.2) is 0 Å². The first-order valence-corrected chi connectivity index (χ1v) is 12.6. The summed E-state index contributed by atoms with van der Waals surface area (Å²) < 4.78 is 1.92. The Hall–Kier alpha value is -2.55. The Labute approximate surface area is 213 Å². The molecule has 1 aromatic heterocycles. The van der Waals surface area contributed by atoms with Crippen LogP contribution < -0.4 is 10.6 Å². The van der Waals surface area contributed by atoms with Crippen molar-refractivity contribution in [1.29, 1.82) is 0 Å². The lowest BCUT2D eigenvalue weighted by Gasteiger charge is -2.22. The van der Waals surface area contributed by atoms with Gasteiger partial charge in [-0.05, 0) is 50.1 Å². The number of hydrogen-bond donors (Lipinski definition) is 2. The van der Waals surface area contributed by atoms with Crippen LogP contribution in [-0.4, -0.2) is 32.3 Å². The van der Waals surface area contributed by atoms with E-state index in [4.69, 9.17) is 23.2 Å². The highest BCUT2D eigenvalue weighted by Crippen LogP contribution is 2.28. The topological polar surface area (TPSA) is 88.9 Å². The number of nitrogens with one attached hydrogen (secondary N) is 2. The number of nitrogens with zero attached hydrogens (tertiary/aromatic N) is 3. The van der Waals surface area contributed by atoms with Crippen molar-refractivity contribution in [2.75, 3.05) is 11.1 Å². The van der Waals surface area contributed by atoms with Crippen molar-refractivity contribution in [1.82, 2.24) is 20.1 Å². The maximum Gasteiger partial charge on any atom is 0.251 e. The molecule has 3 rings (SSSR count). The monoisotopic (exact) mass is 519 g/mol. The summed E-state index contributed by atoms with van der Waals surface area (Å²) in [6, 6.07) is 12.0. The van der Waals surface area contributed by atoms with E-state index in [-0.39, 0.29) is 29.5 Å². The number of benzene rings is 2.